The van der Waals surface area contributed by atoms with E-state index in [1.807, 2.05) is 0 Å². The lowest BCUT2D eigenvalue weighted by atomic mass is 9.70. The molecular formula is C140H94N4. The lowest BCUT2D eigenvalue weighted by Crippen LogP contribution is -2.26. The van der Waals surface area contributed by atoms with Gasteiger partial charge in [-0.2, -0.15) is 0 Å². The predicted molar refractivity (Wildman–Crippen MR) is 607 cm³/mol. The average Bonchev–Trinajstić information content (AvgIpc) is 1.50. The van der Waals surface area contributed by atoms with Gasteiger partial charge in [0.05, 0.1) is 27.5 Å². The first-order valence-electron chi connectivity index (χ1n) is 50.1. The van der Waals surface area contributed by atoms with E-state index in [0.29, 0.717) is 0 Å². The first kappa shape index (κ1) is 83.7. The monoisotopic (exact) mass is 1830 g/mol. The summed E-state index contributed by atoms with van der Waals surface area (Å²) in [5.74, 6) is 0. The van der Waals surface area contributed by atoms with Crippen molar-refractivity contribution in [3.05, 3.63) is 567 Å². The summed E-state index contributed by atoms with van der Waals surface area (Å²) in [7, 11) is 0. The highest BCUT2D eigenvalue weighted by molar-refractivity contribution is 6.24. The van der Waals surface area contributed by atoms with Crippen LogP contribution in [0.3, 0.4) is 0 Å². The molecule has 2 heterocycles. The van der Waals surface area contributed by atoms with Gasteiger partial charge in [0, 0.05) is 72.5 Å². The standard InChI is InChI=1S/C75H48N2.C65H46N2/c1-3-19-50(20-4-1)73-62-27-7-9-29-64(62)74(65-30-10-8-28-63(65)73)51-37-42-55(43-38-51)76(54-40-35-49(36-41-54)52-39-46-72-66(47-52)61-26-14-18-34-71(61)77(72)53-21-5-2-6-22-53)56-44-45-60-59-25-13-17-33-69(59)75(70(60)48-56)67-31-15-11-23-57(67)58-24-12-16-32-68(58)75;1-65(2)59-27-15-13-21-51(59)52-39-38-50(42-60(52)65)66(48-34-29-43(30-35-48)46-33-40-62-58(41-46)53-22-14-16-28-61(53)67(62)47-19-7-4-8-20-47)49-36-31-45(32-37-49)64-56-25-11-9-23-54(56)63(44-17-5-3-6-18-44)55-24-10-12-26-57(55)64/h1-48H;3-42H,1-2H3. The van der Waals surface area contributed by atoms with Gasteiger partial charge in [-0.25, -0.2) is 0 Å². The van der Waals surface area contributed by atoms with Crippen LogP contribution in [0, 0.1) is 0 Å². The molecule has 2 aromatic heterocycles. The second-order valence-electron chi connectivity index (χ2n) is 39.1. The van der Waals surface area contributed by atoms with Crippen molar-refractivity contribution in [3.8, 4) is 112 Å². The van der Waals surface area contributed by atoms with E-state index in [1.54, 1.807) is 0 Å². The molecule has 0 saturated carbocycles. The molecule has 674 valence electrons. The topological polar surface area (TPSA) is 16.3 Å². The average molecular weight is 1830 g/mol. The van der Waals surface area contributed by atoms with Crippen molar-refractivity contribution in [2.24, 2.45) is 0 Å². The molecule has 26 aromatic rings. The molecular weight excluding hydrogens is 1740 g/mol. The summed E-state index contributed by atoms with van der Waals surface area (Å²) in [4.78, 5) is 4.89. The largest absolute Gasteiger partial charge is 0.310 e. The van der Waals surface area contributed by atoms with Crippen molar-refractivity contribution < 1.29 is 0 Å². The molecule has 144 heavy (non-hydrogen) atoms. The highest BCUT2D eigenvalue weighted by atomic mass is 15.1. The van der Waals surface area contributed by atoms with Gasteiger partial charge in [-0.15, -0.1) is 0 Å². The zero-order valence-corrected chi connectivity index (χ0v) is 79.6. The number of anilines is 6. The molecule has 0 saturated heterocycles. The molecule has 29 rings (SSSR count). The lowest BCUT2D eigenvalue weighted by molar-refractivity contribution is 0.660. The van der Waals surface area contributed by atoms with Crippen molar-refractivity contribution in [2.75, 3.05) is 9.80 Å². The van der Waals surface area contributed by atoms with E-state index in [1.165, 1.54) is 226 Å². The van der Waals surface area contributed by atoms with Gasteiger partial charge in [0.2, 0.25) is 0 Å². The predicted octanol–water partition coefficient (Wildman–Crippen LogP) is 37.8. The SMILES string of the molecule is CC1(C)c2ccccc2-c2ccc(N(c3ccc(-c4ccc5c(c4)c4ccccc4n5-c4ccccc4)cc3)c3ccc(-c4c5ccccc5c(-c5ccccc5)c5ccccc45)cc3)cc21.c1ccc(-c2c3ccccc3c(-c3ccc(N(c4ccc(-c5ccc6c(c5)c5ccccc5n6-c5ccccc5)cc4)c4ccc5c(c4)C4(c6ccccc6-c6ccccc64)c4ccccc4-5)cc3)c3ccccc23)cc1. The van der Waals surface area contributed by atoms with Crippen molar-refractivity contribution in [2.45, 2.75) is 24.7 Å². The molecule has 0 radical (unpaired) electrons. The number of para-hydroxylation sites is 4. The fourth-order valence-corrected chi connectivity index (χ4v) is 24.8. The second-order valence-corrected chi connectivity index (χ2v) is 39.1. The Kier molecular flexibility index (Phi) is 19.6. The van der Waals surface area contributed by atoms with Gasteiger partial charge in [0.25, 0.3) is 0 Å². The number of rotatable bonds is 14. The van der Waals surface area contributed by atoms with E-state index < -0.39 is 5.41 Å². The maximum Gasteiger partial charge on any atom is 0.0726 e. The smallest absolute Gasteiger partial charge is 0.0726 e. The fourth-order valence-electron chi connectivity index (χ4n) is 24.8. The minimum absolute atomic E-state index is 0.127. The molecule has 4 heteroatoms. The Hall–Kier alpha value is -18.5. The molecule has 4 nitrogen and oxygen atoms in total. The highest BCUT2D eigenvalue weighted by Crippen LogP contribution is 2.64. The van der Waals surface area contributed by atoms with Gasteiger partial charge in [0.15, 0.2) is 0 Å². The molecule has 3 aliphatic rings. The Balaban J connectivity index is 0.000000141. The summed E-state index contributed by atoms with van der Waals surface area (Å²) >= 11 is 0. The summed E-state index contributed by atoms with van der Waals surface area (Å²) in [5.41, 5.74) is 43.7. The Bertz CT molecular complexity index is 9450. The normalized spacial score (nSPS) is 12.8. The van der Waals surface area contributed by atoms with Gasteiger partial charge in [-0.05, 0) is 310 Å². The minimum Gasteiger partial charge on any atom is -0.310 e. The van der Waals surface area contributed by atoms with E-state index in [9.17, 15) is 0 Å². The molecule has 3 aliphatic carbocycles. The summed E-state index contributed by atoms with van der Waals surface area (Å²) in [6, 6.07) is 197. The van der Waals surface area contributed by atoms with Crippen LogP contribution in [-0.4, -0.2) is 9.13 Å². The van der Waals surface area contributed by atoms with Crippen LogP contribution in [-0.2, 0) is 10.8 Å². The molecule has 24 aromatic carbocycles. The molecule has 0 fully saturated rings. The maximum atomic E-state index is 2.50. The maximum absolute atomic E-state index is 2.50. The molecule has 0 amide bonds. The molecule has 0 atom stereocenters. The van der Waals surface area contributed by atoms with Crippen LogP contribution in [0.4, 0.5) is 34.1 Å². The van der Waals surface area contributed by atoms with Gasteiger partial charge in [-0.3, -0.25) is 0 Å². The third-order valence-corrected chi connectivity index (χ3v) is 31.2. The van der Waals surface area contributed by atoms with Crippen LogP contribution < -0.4 is 9.80 Å². The first-order valence-corrected chi connectivity index (χ1v) is 50.1. The number of benzene rings is 24. The number of aromatic nitrogens is 2. The molecule has 0 aliphatic heterocycles. The van der Waals surface area contributed by atoms with Crippen molar-refractivity contribution in [1.29, 1.82) is 0 Å². The van der Waals surface area contributed by atoms with Crippen molar-refractivity contribution >= 4 is 121 Å². The third-order valence-electron chi connectivity index (χ3n) is 31.2. The zero-order chi connectivity index (χ0) is 95.2. The van der Waals surface area contributed by atoms with Crippen molar-refractivity contribution in [1.82, 2.24) is 9.13 Å². The summed E-state index contributed by atoms with van der Waals surface area (Å²) in [6.07, 6.45) is 0. The Labute approximate surface area is 837 Å². The van der Waals surface area contributed by atoms with Crippen molar-refractivity contribution in [3.63, 3.8) is 0 Å². The first-order chi connectivity index (χ1) is 71.2. The zero-order valence-electron chi connectivity index (χ0n) is 79.6. The fraction of sp³-hybridized carbons (Fsp3) is 0.0286. The molecule has 0 N–H and O–H groups in total. The Morgan fingerprint density at radius 1 is 0.153 bits per heavy atom. The van der Waals surface area contributed by atoms with Gasteiger partial charge >= 0.3 is 0 Å². The van der Waals surface area contributed by atoms with E-state index in [2.05, 4.69) is 567 Å². The second kappa shape index (κ2) is 33.7. The van der Waals surface area contributed by atoms with E-state index in [-0.39, 0.29) is 5.41 Å². The lowest BCUT2D eigenvalue weighted by Gasteiger charge is -2.32. The third kappa shape index (κ3) is 13.1. The molecule has 1 spiro atoms. The Morgan fingerprint density at radius 3 is 0.736 bits per heavy atom. The van der Waals surface area contributed by atoms with E-state index in [0.717, 1.165) is 39.8 Å². The number of fused-ring (bicyclic) bond motifs is 23. The quantitative estimate of drug-likeness (QED) is 0.101. The summed E-state index contributed by atoms with van der Waals surface area (Å²) in [6.45, 7) is 4.72. The van der Waals surface area contributed by atoms with Crippen LogP contribution in [0.2, 0.25) is 0 Å². The minimum atomic E-state index is -0.467. The van der Waals surface area contributed by atoms with Gasteiger partial charge < -0.3 is 18.9 Å². The molecule has 0 bridgehead atoms. The highest BCUT2D eigenvalue weighted by Gasteiger charge is 2.52. The van der Waals surface area contributed by atoms with Crippen LogP contribution in [0.1, 0.15) is 47.2 Å². The number of nitrogens with zero attached hydrogens (tertiary/aromatic N) is 4. The number of hydrogen-bond donors (Lipinski definition) is 0. The van der Waals surface area contributed by atoms with Crippen LogP contribution in [0.25, 0.3) is 198 Å². The number of hydrogen-bond acceptors (Lipinski definition) is 2. The summed E-state index contributed by atoms with van der Waals surface area (Å²) in [5, 5.41) is 15.0. The Morgan fingerprint density at radius 2 is 0.389 bits per heavy atom. The van der Waals surface area contributed by atoms with E-state index in [4.69, 9.17) is 0 Å². The van der Waals surface area contributed by atoms with Gasteiger partial charge in [-0.1, -0.05) is 414 Å². The van der Waals surface area contributed by atoms with E-state index >= 15 is 0 Å². The van der Waals surface area contributed by atoms with Crippen LogP contribution >= 0.6 is 0 Å². The van der Waals surface area contributed by atoms with Gasteiger partial charge in [0.1, 0.15) is 0 Å². The van der Waals surface area contributed by atoms with Crippen LogP contribution in [0.5, 0.6) is 0 Å². The summed E-state index contributed by atoms with van der Waals surface area (Å²) < 4.78 is 4.76. The van der Waals surface area contributed by atoms with Crippen LogP contribution in [0.15, 0.2) is 534 Å². The molecule has 0 unspecified atom stereocenters.